The molecule has 0 unspecified atom stereocenters. The van der Waals surface area contributed by atoms with Crippen molar-refractivity contribution < 1.29 is 14.2 Å². The third kappa shape index (κ3) is 3.33. The van der Waals surface area contributed by atoms with E-state index in [4.69, 9.17) is 9.26 Å². The van der Waals surface area contributed by atoms with Gasteiger partial charge in [-0.3, -0.25) is 10.1 Å². The van der Waals surface area contributed by atoms with Crippen molar-refractivity contribution in [2.24, 2.45) is 0 Å². The van der Waals surface area contributed by atoms with Crippen LogP contribution in [0.3, 0.4) is 0 Å². The molecule has 0 bridgehead atoms. The molecule has 1 aromatic heterocycles. The SMILES string of the molecule is COc1c(Br)cc(Br)cc1/C=C\c1onc(C)c1[N+](=O)[O-]. The molecule has 0 fully saturated rings. The Morgan fingerprint density at radius 3 is 2.71 bits per heavy atom. The van der Waals surface area contributed by atoms with E-state index in [1.54, 1.807) is 13.2 Å². The molecular weight excluding hydrogens is 408 g/mol. The summed E-state index contributed by atoms with van der Waals surface area (Å²) in [5, 5.41) is 14.6. The summed E-state index contributed by atoms with van der Waals surface area (Å²) in [5.41, 5.74) is 0.836. The van der Waals surface area contributed by atoms with E-state index >= 15 is 0 Å². The van der Waals surface area contributed by atoms with Crippen LogP contribution in [-0.4, -0.2) is 17.2 Å². The van der Waals surface area contributed by atoms with Gasteiger partial charge in [0, 0.05) is 10.0 Å². The summed E-state index contributed by atoms with van der Waals surface area (Å²) in [6.07, 6.45) is 3.16. The highest BCUT2D eigenvalue weighted by Gasteiger charge is 2.22. The van der Waals surface area contributed by atoms with Crippen LogP contribution in [0.2, 0.25) is 0 Å². The minimum Gasteiger partial charge on any atom is -0.495 e. The summed E-state index contributed by atoms with van der Waals surface area (Å²) in [5.74, 6) is 0.712. The quantitative estimate of drug-likeness (QED) is 0.536. The molecule has 8 heteroatoms. The summed E-state index contributed by atoms with van der Waals surface area (Å²) in [6, 6.07) is 3.67. The van der Waals surface area contributed by atoms with E-state index in [-0.39, 0.29) is 17.1 Å². The third-order valence-electron chi connectivity index (χ3n) is 2.70. The lowest BCUT2D eigenvalue weighted by Crippen LogP contribution is -1.91. The number of benzene rings is 1. The zero-order valence-electron chi connectivity index (χ0n) is 11.1. The second-order valence-corrected chi connectivity index (χ2v) is 5.85. The molecule has 0 amide bonds. The van der Waals surface area contributed by atoms with Crippen LogP contribution in [0, 0.1) is 17.0 Å². The lowest BCUT2D eigenvalue weighted by Gasteiger charge is -2.07. The molecule has 0 spiro atoms. The van der Waals surface area contributed by atoms with Crippen molar-refractivity contribution in [2.45, 2.75) is 6.92 Å². The van der Waals surface area contributed by atoms with Crippen molar-refractivity contribution in [2.75, 3.05) is 7.11 Å². The zero-order chi connectivity index (χ0) is 15.6. The van der Waals surface area contributed by atoms with Crippen molar-refractivity contribution in [3.05, 3.63) is 48.2 Å². The van der Waals surface area contributed by atoms with Gasteiger partial charge < -0.3 is 9.26 Å². The van der Waals surface area contributed by atoms with E-state index in [0.29, 0.717) is 5.75 Å². The van der Waals surface area contributed by atoms with Crippen LogP contribution < -0.4 is 4.74 Å². The van der Waals surface area contributed by atoms with Crippen molar-refractivity contribution in [3.63, 3.8) is 0 Å². The fraction of sp³-hybridized carbons (Fsp3) is 0.154. The molecule has 0 radical (unpaired) electrons. The number of hydrogen-bond donors (Lipinski definition) is 0. The lowest BCUT2D eigenvalue weighted by molar-refractivity contribution is -0.386. The molecule has 21 heavy (non-hydrogen) atoms. The van der Waals surface area contributed by atoms with Gasteiger partial charge in [-0.15, -0.1) is 0 Å². The predicted octanol–water partition coefficient (Wildman–Crippen LogP) is 4.60. The number of nitro groups is 1. The summed E-state index contributed by atoms with van der Waals surface area (Å²) in [4.78, 5) is 10.5. The first-order valence-electron chi connectivity index (χ1n) is 5.75. The highest BCUT2D eigenvalue weighted by Crippen LogP contribution is 2.34. The Hall–Kier alpha value is -1.67. The summed E-state index contributed by atoms with van der Waals surface area (Å²) >= 11 is 6.77. The number of aromatic nitrogens is 1. The van der Waals surface area contributed by atoms with Crippen LogP contribution in [-0.2, 0) is 0 Å². The fourth-order valence-corrected chi connectivity index (χ4v) is 3.22. The van der Waals surface area contributed by atoms with Crippen LogP contribution >= 0.6 is 31.9 Å². The molecule has 2 rings (SSSR count). The first kappa shape index (κ1) is 15.7. The molecule has 1 aromatic carbocycles. The highest BCUT2D eigenvalue weighted by molar-refractivity contribution is 9.11. The number of aryl methyl sites for hydroxylation is 1. The molecular formula is C13H10Br2N2O4. The molecule has 0 aliphatic carbocycles. The Kier molecular flexibility index (Phi) is 4.79. The van der Waals surface area contributed by atoms with Crippen molar-refractivity contribution in [3.8, 4) is 5.75 Å². The van der Waals surface area contributed by atoms with Gasteiger partial charge in [-0.2, -0.15) is 0 Å². The van der Waals surface area contributed by atoms with Gasteiger partial charge in [-0.1, -0.05) is 21.1 Å². The van der Waals surface area contributed by atoms with Crippen molar-refractivity contribution in [1.29, 1.82) is 0 Å². The van der Waals surface area contributed by atoms with Gasteiger partial charge in [-0.25, -0.2) is 0 Å². The summed E-state index contributed by atoms with van der Waals surface area (Å²) < 4.78 is 11.9. The van der Waals surface area contributed by atoms with Gasteiger partial charge in [0.1, 0.15) is 5.75 Å². The molecule has 0 aliphatic heterocycles. The minimum atomic E-state index is -0.514. The Morgan fingerprint density at radius 1 is 1.38 bits per heavy atom. The van der Waals surface area contributed by atoms with Gasteiger partial charge in [0.2, 0.25) is 5.76 Å². The molecule has 2 aromatic rings. The number of ether oxygens (including phenoxy) is 1. The Balaban J connectivity index is 2.45. The standard InChI is InChI=1S/C13H10Br2N2O4/c1-7-12(17(18)19)11(21-16-7)4-3-8-5-9(14)6-10(15)13(8)20-2/h3-6H,1-2H3/b4-3-. The van der Waals surface area contributed by atoms with E-state index in [0.717, 1.165) is 14.5 Å². The second-order valence-electron chi connectivity index (χ2n) is 4.08. The van der Waals surface area contributed by atoms with Crippen LogP contribution in [0.4, 0.5) is 5.69 Å². The van der Waals surface area contributed by atoms with Crippen molar-refractivity contribution in [1.82, 2.24) is 5.16 Å². The molecule has 0 saturated heterocycles. The van der Waals surface area contributed by atoms with Crippen LogP contribution in [0.25, 0.3) is 12.2 Å². The van der Waals surface area contributed by atoms with E-state index in [1.165, 1.54) is 13.0 Å². The van der Waals surface area contributed by atoms with E-state index < -0.39 is 4.92 Å². The van der Waals surface area contributed by atoms with Crippen LogP contribution in [0.1, 0.15) is 17.0 Å². The number of nitrogens with zero attached hydrogens (tertiary/aromatic N) is 2. The molecule has 0 saturated carbocycles. The lowest BCUT2D eigenvalue weighted by atomic mass is 10.1. The number of halogens is 2. The van der Waals surface area contributed by atoms with Crippen molar-refractivity contribution >= 4 is 49.7 Å². The summed E-state index contributed by atoms with van der Waals surface area (Å²) in [7, 11) is 1.55. The predicted molar refractivity (Wildman–Crippen MR) is 85.2 cm³/mol. The molecule has 0 atom stereocenters. The van der Waals surface area contributed by atoms with E-state index in [1.807, 2.05) is 12.1 Å². The average Bonchev–Trinajstić information content (AvgIpc) is 2.77. The Labute approximate surface area is 137 Å². The third-order valence-corrected chi connectivity index (χ3v) is 3.74. The van der Waals surface area contributed by atoms with Gasteiger partial charge in [-0.05, 0) is 47.1 Å². The Morgan fingerprint density at radius 2 is 2.10 bits per heavy atom. The van der Waals surface area contributed by atoms with Gasteiger partial charge >= 0.3 is 5.69 Å². The van der Waals surface area contributed by atoms with Crippen LogP contribution in [0.5, 0.6) is 5.75 Å². The second kappa shape index (κ2) is 6.40. The monoisotopic (exact) mass is 416 g/mol. The topological polar surface area (TPSA) is 78.4 Å². The van der Waals surface area contributed by atoms with Crippen LogP contribution in [0.15, 0.2) is 25.6 Å². The number of hydrogen-bond acceptors (Lipinski definition) is 5. The largest absolute Gasteiger partial charge is 0.495 e. The molecule has 1 heterocycles. The fourth-order valence-electron chi connectivity index (χ4n) is 1.80. The molecule has 0 aliphatic rings. The maximum atomic E-state index is 11.0. The maximum absolute atomic E-state index is 11.0. The van der Waals surface area contributed by atoms with Gasteiger partial charge in [0.25, 0.3) is 0 Å². The first-order chi connectivity index (χ1) is 9.93. The molecule has 6 nitrogen and oxygen atoms in total. The highest BCUT2D eigenvalue weighted by atomic mass is 79.9. The smallest absolute Gasteiger partial charge is 0.338 e. The van der Waals surface area contributed by atoms with E-state index in [2.05, 4.69) is 37.0 Å². The van der Waals surface area contributed by atoms with Gasteiger partial charge in [0.15, 0.2) is 5.69 Å². The van der Waals surface area contributed by atoms with E-state index in [9.17, 15) is 10.1 Å². The summed E-state index contributed by atoms with van der Waals surface area (Å²) in [6.45, 7) is 1.52. The van der Waals surface area contributed by atoms with Gasteiger partial charge in [0.05, 0.1) is 16.5 Å². The first-order valence-corrected chi connectivity index (χ1v) is 7.34. The zero-order valence-corrected chi connectivity index (χ0v) is 14.3. The maximum Gasteiger partial charge on any atom is 0.338 e. The molecule has 110 valence electrons. The average molecular weight is 418 g/mol. The minimum absolute atomic E-state index is 0.0932. The normalized spacial score (nSPS) is 11.0. The number of methoxy groups -OCH3 is 1. The Bertz CT molecular complexity index is 725. The number of rotatable bonds is 4. The molecule has 0 N–H and O–H groups in total.